The fraction of sp³-hybridized carbons (Fsp3) is 0.538. The topological polar surface area (TPSA) is 27.7 Å². The van der Waals surface area contributed by atoms with Gasteiger partial charge in [-0.05, 0) is 18.1 Å². The standard InChI is InChI=1S/C13H13BrClF3O3/c14-9(1-2-19-7-13(16,17)18)8-5-11-12(6-10(8)15)21-4-3-20-11/h5-6,9H,1-4,7H2. The van der Waals surface area contributed by atoms with Crippen molar-refractivity contribution < 1.29 is 27.4 Å². The minimum atomic E-state index is -4.31. The van der Waals surface area contributed by atoms with E-state index in [1.54, 1.807) is 12.1 Å². The minimum Gasteiger partial charge on any atom is -0.486 e. The molecule has 1 atom stereocenters. The molecule has 1 aromatic rings. The van der Waals surface area contributed by atoms with Crippen LogP contribution in [0.2, 0.25) is 5.02 Å². The maximum absolute atomic E-state index is 12.0. The van der Waals surface area contributed by atoms with Crippen LogP contribution >= 0.6 is 27.5 Å². The van der Waals surface area contributed by atoms with E-state index in [1.165, 1.54) is 0 Å². The van der Waals surface area contributed by atoms with Gasteiger partial charge in [0.05, 0.1) is 0 Å². The number of benzene rings is 1. The number of hydrogen-bond donors (Lipinski definition) is 0. The molecule has 8 heteroatoms. The number of rotatable bonds is 5. The molecule has 3 nitrogen and oxygen atoms in total. The van der Waals surface area contributed by atoms with Crippen molar-refractivity contribution in [3.63, 3.8) is 0 Å². The Hall–Kier alpha value is -0.660. The van der Waals surface area contributed by atoms with Crippen LogP contribution < -0.4 is 9.47 Å². The van der Waals surface area contributed by atoms with Gasteiger partial charge < -0.3 is 14.2 Å². The maximum atomic E-state index is 12.0. The molecule has 1 aliphatic rings. The Balaban J connectivity index is 1.94. The molecule has 1 unspecified atom stereocenters. The van der Waals surface area contributed by atoms with Crippen molar-refractivity contribution in [3.8, 4) is 11.5 Å². The van der Waals surface area contributed by atoms with E-state index in [0.717, 1.165) is 5.56 Å². The van der Waals surface area contributed by atoms with E-state index in [0.29, 0.717) is 36.2 Å². The van der Waals surface area contributed by atoms with Gasteiger partial charge in [-0.15, -0.1) is 0 Å². The van der Waals surface area contributed by atoms with Gasteiger partial charge in [0.1, 0.15) is 19.8 Å². The Morgan fingerprint density at radius 1 is 1.24 bits per heavy atom. The molecule has 0 aromatic heterocycles. The van der Waals surface area contributed by atoms with Crippen molar-refractivity contribution in [2.24, 2.45) is 0 Å². The van der Waals surface area contributed by atoms with Gasteiger partial charge in [0, 0.05) is 22.5 Å². The van der Waals surface area contributed by atoms with Crippen molar-refractivity contribution in [3.05, 3.63) is 22.7 Å². The summed E-state index contributed by atoms with van der Waals surface area (Å²) >= 11 is 9.56. The van der Waals surface area contributed by atoms with Crippen LogP contribution in [0, 0.1) is 0 Å². The molecule has 0 aliphatic carbocycles. The van der Waals surface area contributed by atoms with E-state index in [1.807, 2.05) is 0 Å². The molecule has 0 saturated carbocycles. The van der Waals surface area contributed by atoms with Crippen LogP contribution in [-0.4, -0.2) is 32.6 Å². The molecule has 1 aliphatic heterocycles. The number of alkyl halides is 4. The molecule has 0 bridgehead atoms. The molecule has 118 valence electrons. The lowest BCUT2D eigenvalue weighted by Gasteiger charge is -2.21. The first-order valence-corrected chi connectivity index (χ1v) is 7.54. The van der Waals surface area contributed by atoms with Crippen LogP contribution in [-0.2, 0) is 4.74 Å². The second-order valence-corrected chi connectivity index (χ2v) is 5.95. The van der Waals surface area contributed by atoms with Crippen LogP contribution in [0.1, 0.15) is 16.8 Å². The third kappa shape index (κ3) is 4.93. The summed E-state index contributed by atoms with van der Waals surface area (Å²) in [4.78, 5) is -0.228. The molecule has 0 N–H and O–H groups in total. The fourth-order valence-electron chi connectivity index (χ4n) is 1.85. The molecule has 21 heavy (non-hydrogen) atoms. The number of fused-ring (bicyclic) bond motifs is 1. The van der Waals surface area contributed by atoms with Gasteiger partial charge in [0.25, 0.3) is 0 Å². The Morgan fingerprint density at radius 3 is 2.48 bits per heavy atom. The highest BCUT2D eigenvalue weighted by Gasteiger charge is 2.27. The molecule has 1 aromatic carbocycles. The Bertz CT molecular complexity index is 496. The van der Waals surface area contributed by atoms with Crippen molar-refractivity contribution in [1.29, 1.82) is 0 Å². The Morgan fingerprint density at radius 2 is 1.86 bits per heavy atom. The van der Waals surface area contributed by atoms with Crippen molar-refractivity contribution in [2.45, 2.75) is 17.4 Å². The first-order chi connectivity index (χ1) is 9.87. The number of hydrogen-bond acceptors (Lipinski definition) is 3. The maximum Gasteiger partial charge on any atom is 0.411 e. The summed E-state index contributed by atoms with van der Waals surface area (Å²) in [5, 5.41) is 0.469. The summed E-state index contributed by atoms with van der Waals surface area (Å²) in [5.74, 6) is 1.16. The van der Waals surface area contributed by atoms with Gasteiger partial charge in [0.15, 0.2) is 11.5 Å². The first kappa shape index (κ1) is 16.7. The van der Waals surface area contributed by atoms with Gasteiger partial charge >= 0.3 is 6.18 Å². The smallest absolute Gasteiger partial charge is 0.411 e. The van der Waals surface area contributed by atoms with E-state index in [9.17, 15) is 13.2 Å². The van der Waals surface area contributed by atoms with E-state index in [4.69, 9.17) is 21.1 Å². The van der Waals surface area contributed by atoms with Crippen LogP contribution in [0.25, 0.3) is 0 Å². The molecule has 1 heterocycles. The van der Waals surface area contributed by atoms with Crippen LogP contribution in [0.4, 0.5) is 13.2 Å². The predicted molar refractivity (Wildman–Crippen MR) is 75.6 cm³/mol. The second kappa shape index (κ2) is 7.07. The summed E-state index contributed by atoms with van der Waals surface area (Å²) in [6.45, 7) is -0.358. The lowest BCUT2D eigenvalue weighted by molar-refractivity contribution is -0.174. The minimum absolute atomic E-state index is 0.0276. The average molecular weight is 390 g/mol. The normalized spacial score (nSPS) is 15.9. The van der Waals surface area contributed by atoms with Gasteiger partial charge in [0.2, 0.25) is 0 Å². The van der Waals surface area contributed by atoms with Gasteiger partial charge in [-0.25, -0.2) is 0 Å². The highest BCUT2D eigenvalue weighted by atomic mass is 79.9. The Labute approximate surface area is 133 Å². The summed E-state index contributed by atoms with van der Waals surface area (Å²) in [5.41, 5.74) is 0.733. The van der Waals surface area contributed by atoms with Crippen molar-refractivity contribution in [2.75, 3.05) is 26.4 Å². The highest BCUT2D eigenvalue weighted by Crippen LogP contribution is 2.41. The molecule has 0 saturated heterocycles. The monoisotopic (exact) mass is 388 g/mol. The zero-order valence-electron chi connectivity index (χ0n) is 10.9. The van der Waals surface area contributed by atoms with Crippen LogP contribution in [0.5, 0.6) is 11.5 Å². The SMILES string of the molecule is FC(F)(F)COCCC(Br)c1cc2c(cc1Cl)OCCO2. The molecular weight excluding hydrogens is 376 g/mol. The van der Waals surface area contributed by atoms with E-state index >= 15 is 0 Å². The molecule has 0 fully saturated rings. The zero-order valence-corrected chi connectivity index (χ0v) is 13.2. The van der Waals surface area contributed by atoms with E-state index in [2.05, 4.69) is 20.7 Å². The summed E-state index contributed by atoms with van der Waals surface area (Å²) < 4.78 is 51.3. The largest absolute Gasteiger partial charge is 0.486 e. The molecule has 0 amide bonds. The Kier molecular flexibility index (Phi) is 5.62. The lowest BCUT2D eigenvalue weighted by atomic mass is 10.1. The van der Waals surface area contributed by atoms with Crippen LogP contribution in [0.3, 0.4) is 0 Å². The van der Waals surface area contributed by atoms with E-state index < -0.39 is 12.8 Å². The molecular formula is C13H13BrClF3O3. The third-order valence-electron chi connectivity index (χ3n) is 2.78. The summed E-state index contributed by atoms with van der Waals surface area (Å²) in [6.07, 6.45) is -3.95. The summed E-state index contributed by atoms with van der Waals surface area (Å²) in [7, 11) is 0. The third-order valence-corrected chi connectivity index (χ3v) is 4.06. The lowest BCUT2D eigenvalue weighted by Crippen LogP contribution is -2.18. The number of halogens is 5. The van der Waals surface area contributed by atoms with Gasteiger partial charge in [-0.3, -0.25) is 0 Å². The molecule has 0 spiro atoms. The van der Waals surface area contributed by atoms with E-state index in [-0.39, 0.29) is 11.4 Å². The second-order valence-electron chi connectivity index (χ2n) is 4.44. The predicted octanol–water partition coefficient (Wildman–Crippen LogP) is 4.52. The van der Waals surface area contributed by atoms with Crippen molar-refractivity contribution in [1.82, 2.24) is 0 Å². The van der Waals surface area contributed by atoms with Crippen LogP contribution in [0.15, 0.2) is 12.1 Å². The molecule has 2 rings (SSSR count). The summed E-state index contributed by atoms with van der Waals surface area (Å²) in [6, 6.07) is 3.39. The first-order valence-electron chi connectivity index (χ1n) is 6.24. The average Bonchev–Trinajstić information content (AvgIpc) is 2.41. The fourth-order valence-corrected chi connectivity index (χ4v) is 2.83. The highest BCUT2D eigenvalue weighted by molar-refractivity contribution is 9.09. The zero-order chi connectivity index (χ0) is 15.5. The van der Waals surface area contributed by atoms with Crippen molar-refractivity contribution >= 4 is 27.5 Å². The number of ether oxygens (including phenoxy) is 3. The van der Waals surface area contributed by atoms with Gasteiger partial charge in [-0.1, -0.05) is 27.5 Å². The molecule has 0 radical (unpaired) electrons. The van der Waals surface area contributed by atoms with Gasteiger partial charge in [-0.2, -0.15) is 13.2 Å². The quantitative estimate of drug-likeness (QED) is 0.547.